The average molecular weight is 412 g/mol. The first-order valence-electron chi connectivity index (χ1n) is 9.04. The van der Waals surface area contributed by atoms with Crippen molar-refractivity contribution in [2.45, 2.75) is 31.7 Å². The number of aromatic nitrogens is 3. The van der Waals surface area contributed by atoms with E-state index in [2.05, 4.69) is 10.2 Å². The summed E-state index contributed by atoms with van der Waals surface area (Å²) in [7, 11) is 0. The van der Waals surface area contributed by atoms with Crippen molar-refractivity contribution in [3.8, 4) is 5.75 Å². The minimum Gasteiger partial charge on any atom is -0.483 e. The molecule has 1 heterocycles. The van der Waals surface area contributed by atoms with Crippen LogP contribution in [-0.2, 0) is 6.54 Å². The molecule has 0 aliphatic carbocycles. The number of non-ortho nitro benzene ring substituents is 1. The molecule has 3 aromatic rings. The minimum absolute atomic E-state index is 0.104. The molecule has 1 aromatic heterocycles. The number of ether oxygens (including phenoxy) is 1. The van der Waals surface area contributed by atoms with Crippen molar-refractivity contribution in [3.63, 3.8) is 0 Å². The summed E-state index contributed by atoms with van der Waals surface area (Å²) in [4.78, 5) is 22.8. The number of benzene rings is 2. The van der Waals surface area contributed by atoms with E-state index >= 15 is 0 Å². The van der Waals surface area contributed by atoms with Gasteiger partial charge in [0, 0.05) is 24.2 Å². The molecule has 0 bridgehead atoms. The maximum absolute atomic E-state index is 12.4. The number of para-hydroxylation sites is 1. The third kappa shape index (κ3) is 5.00. The highest BCUT2D eigenvalue weighted by Gasteiger charge is 2.20. The Morgan fingerprint density at radius 3 is 2.66 bits per heavy atom. The van der Waals surface area contributed by atoms with Crippen LogP contribution in [0.1, 0.15) is 36.1 Å². The van der Waals surface area contributed by atoms with E-state index in [-0.39, 0.29) is 23.3 Å². The summed E-state index contributed by atoms with van der Waals surface area (Å²) in [5, 5.41) is 19.9. The molecule has 0 fully saturated rings. The van der Waals surface area contributed by atoms with Crippen molar-refractivity contribution >= 4 is 23.2 Å². The molecule has 1 unspecified atom stereocenters. The minimum atomic E-state index is -0.516. The number of nitro groups is 1. The molecule has 150 valence electrons. The zero-order valence-corrected chi connectivity index (χ0v) is 16.8. The van der Waals surface area contributed by atoms with Gasteiger partial charge in [0.05, 0.1) is 10.7 Å². The van der Waals surface area contributed by atoms with Crippen LogP contribution in [0.25, 0.3) is 0 Å². The van der Waals surface area contributed by atoms with Gasteiger partial charge in [-0.3, -0.25) is 14.9 Å². The van der Waals surface area contributed by atoms with E-state index in [4.69, 9.17) is 4.74 Å². The van der Waals surface area contributed by atoms with Crippen LogP contribution in [0.4, 0.5) is 5.69 Å². The second-order valence-corrected chi connectivity index (χ2v) is 7.12. The van der Waals surface area contributed by atoms with Crippen molar-refractivity contribution < 1.29 is 14.5 Å². The molecule has 0 spiro atoms. The quantitative estimate of drug-likeness (QED) is 0.223. The highest BCUT2D eigenvalue weighted by atomic mass is 32.2. The van der Waals surface area contributed by atoms with Crippen LogP contribution in [0.2, 0.25) is 0 Å². The predicted octanol–water partition coefficient (Wildman–Crippen LogP) is 4.32. The fraction of sp³-hybridized carbons (Fsp3) is 0.250. The van der Waals surface area contributed by atoms with E-state index in [0.29, 0.717) is 23.1 Å². The normalized spacial score (nSPS) is 11.8. The molecule has 0 saturated carbocycles. The number of hydrogen-bond donors (Lipinski definition) is 0. The Morgan fingerprint density at radius 1 is 1.21 bits per heavy atom. The third-order valence-electron chi connectivity index (χ3n) is 4.19. The lowest BCUT2D eigenvalue weighted by molar-refractivity contribution is -0.384. The second-order valence-electron chi connectivity index (χ2n) is 6.18. The molecule has 3 rings (SSSR count). The Bertz CT molecular complexity index is 1010. The number of rotatable bonds is 9. The number of thioether (sulfide) groups is 1. The lowest BCUT2D eigenvalue weighted by Crippen LogP contribution is -2.12. The fourth-order valence-corrected chi connectivity index (χ4v) is 3.67. The van der Waals surface area contributed by atoms with Crippen LogP contribution < -0.4 is 4.74 Å². The second kappa shape index (κ2) is 9.33. The summed E-state index contributed by atoms with van der Waals surface area (Å²) in [6, 6.07) is 15.2. The maximum Gasteiger partial charge on any atom is 0.270 e. The van der Waals surface area contributed by atoms with Gasteiger partial charge in [-0.15, -0.1) is 10.2 Å². The smallest absolute Gasteiger partial charge is 0.270 e. The molecular formula is C20H20N4O4S. The predicted molar refractivity (Wildman–Crippen MR) is 109 cm³/mol. The Labute approximate surface area is 172 Å². The van der Waals surface area contributed by atoms with Gasteiger partial charge >= 0.3 is 0 Å². The standard InChI is InChI=1S/C20H20N4O4S/c1-3-23-19(14(2)28-17-10-5-4-6-11-17)21-22-20(23)29-13-18(25)15-8-7-9-16(12-15)24(26)27/h4-12,14H,3,13H2,1-2H3. The Kier molecular flexibility index (Phi) is 6.61. The van der Waals surface area contributed by atoms with Gasteiger partial charge < -0.3 is 9.30 Å². The summed E-state index contributed by atoms with van der Waals surface area (Å²) < 4.78 is 7.83. The molecule has 0 radical (unpaired) electrons. The van der Waals surface area contributed by atoms with Crippen LogP contribution in [0.15, 0.2) is 59.8 Å². The van der Waals surface area contributed by atoms with Gasteiger partial charge in [0.2, 0.25) is 0 Å². The van der Waals surface area contributed by atoms with Crippen LogP contribution in [-0.4, -0.2) is 31.2 Å². The van der Waals surface area contributed by atoms with Gasteiger partial charge in [0.25, 0.3) is 5.69 Å². The number of carbonyl (C=O) groups excluding carboxylic acids is 1. The molecule has 9 heteroatoms. The number of nitrogens with zero attached hydrogens (tertiary/aromatic N) is 4. The Hall–Kier alpha value is -3.20. The van der Waals surface area contributed by atoms with Crippen LogP contribution in [0.3, 0.4) is 0 Å². The van der Waals surface area contributed by atoms with Crippen LogP contribution >= 0.6 is 11.8 Å². The lowest BCUT2D eigenvalue weighted by Gasteiger charge is -2.15. The molecule has 0 aliphatic heterocycles. The summed E-state index contributed by atoms with van der Waals surface area (Å²) in [6.07, 6.45) is -0.313. The largest absolute Gasteiger partial charge is 0.483 e. The number of ketones is 1. The van der Waals surface area contributed by atoms with Crippen molar-refractivity contribution in [1.82, 2.24) is 14.8 Å². The topological polar surface area (TPSA) is 100 Å². The maximum atomic E-state index is 12.4. The van der Waals surface area contributed by atoms with E-state index in [1.807, 2.05) is 48.7 Å². The zero-order chi connectivity index (χ0) is 20.8. The van der Waals surface area contributed by atoms with Gasteiger partial charge in [-0.2, -0.15) is 0 Å². The monoisotopic (exact) mass is 412 g/mol. The van der Waals surface area contributed by atoms with E-state index in [1.165, 1.54) is 30.0 Å². The van der Waals surface area contributed by atoms with Crippen molar-refractivity contribution in [2.75, 3.05) is 5.75 Å². The summed E-state index contributed by atoms with van der Waals surface area (Å²) in [6.45, 7) is 4.48. The Morgan fingerprint density at radius 2 is 1.97 bits per heavy atom. The average Bonchev–Trinajstić information content (AvgIpc) is 3.16. The van der Waals surface area contributed by atoms with E-state index in [9.17, 15) is 14.9 Å². The van der Waals surface area contributed by atoms with Crippen LogP contribution in [0.5, 0.6) is 5.75 Å². The molecule has 29 heavy (non-hydrogen) atoms. The third-order valence-corrected chi connectivity index (χ3v) is 5.16. The van der Waals surface area contributed by atoms with Crippen LogP contribution in [0, 0.1) is 10.1 Å². The van der Waals surface area contributed by atoms with Crippen molar-refractivity contribution in [1.29, 1.82) is 0 Å². The lowest BCUT2D eigenvalue weighted by atomic mass is 10.1. The highest BCUT2D eigenvalue weighted by Crippen LogP contribution is 2.25. The summed E-state index contributed by atoms with van der Waals surface area (Å²) in [5.74, 6) is 1.30. The van der Waals surface area contributed by atoms with Crippen molar-refractivity contribution in [3.05, 3.63) is 76.1 Å². The molecule has 0 aliphatic rings. The molecule has 0 amide bonds. The molecule has 0 N–H and O–H groups in total. The highest BCUT2D eigenvalue weighted by molar-refractivity contribution is 7.99. The molecule has 2 aromatic carbocycles. The molecule has 1 atom stereocenters. The first-order chi connectivity index (χ1) is 14.0. The van der Waals surface area contributed by atoms with Gasteiger partial charge in [0.15, 0.2) is 22.9 Å². The SMILES string of the molecule is CCn1c(SCC(=O)c2cccc([N+](=O)[O-])c2)nnc1C(C)Oc1ccccc1. The van der Waals surface area contributed by atoms with Gasteiger partial charge in [-0.05, 0) is 26.0 Å². The summed E-state index contributed by atoms with van der Waals surface area (Å²) >= 11 is 1.25. The number of nitro benzene ring substituents is 1. The van der Waals surface area contributed by atoms with Gasteiger partial charge in [-0.25, -0.2) is 0 Å². The van der Waals surface area contributed by atoms with E-state index in [1.54, 1.807) is 6.07 Å². The molecule has 8 nitrogen and oxygen atoms in total. The van der Waals surface area contributed by atoms with E-state index < -0.39 is 4.92 Å². The van der Waals surface area contributed by atoms with Gasteiger partial charge in [-0.1, -0.05) is 42.1 Å². The number of carbonyl (C=O) groups is 1. The zero-order valence-electron chi connectivity index (χ0n) is 16.0. The molecular weight excluding hydrogens is 392 g/mol. The molecule has 0 saturated heterocycles. The Balaban J connectivity index is 1.69. The number of Topliss-reactive ketones (excluding diaryl/α,β-unsaturated/α-hetero) is 1. The van der Waals surface area contributed by atoms with E-state index in [0.717, 1.165) is 5.75 Å². The van der Waals surface area contributed by atoms with Gasteiger partial charge in [0.1, 0.15) is 5.75 Å². The fourth-order valence-electron chi connectivity index (χ4n) is 2.77. The summed E-state index contributed by atoms with van der Waals surface area (Å²) in [5.41, 5.74) is 0.196. The first-order valence-corrected chi connectivity index (χ1v) is 10.0. The van der Waals surface area contributed by atoms with Crippen molar-refractivity contribution in [2.24, 2.45) is 0 Å². The first kappa shape index (κ1) is 20.5. The number of hydrogen-bond acceptors (Lipinski definition) is 7.